The van der Waals surface area contributed by atoms with Gasteiger partial charge in [0.15, 0.2) is 5.96 Å². The van der Waals surface area contributed by atoms with Crippen molar-refractivity contribution < 1.29 is 4.79 Å². The first kappa shape index (κ1) is 27.9. The van der Waals surface area contributed by atoms with Gasteiger partial charge in [0.25, 0.3) is 0 Å². The number of hydrogen-bond acceptors (Lipinski definition) is 4. The lowest BCUT2D eigenvalue weighted by atomic mass is 10.1. The lowest BCUT2D eigenvalue weighted by molar-refractivity contribution is -0.116. The molecule has 0 saturated heterocycles. The van der Waals surface area contributed by atoms with E-state index in [2.05, 4.69) is 47.6 Å². The van der Waals surface area contributed by atoms with Gasteiger partial charge in [-0.25, -0.2) is 4.99 Å². The van der Waals surface area contributed by atoms with Gasteiger partial charge in [0.05, 0.1) is 18.8 Å². The second-order valence-electron chi connectivity index (χ2n) is 8.38. The zero-order valence-corrected chi connectivity index (χ0v) is 22.7. The number of nitrogens with zero attached hydrogens (tertiary/aromatic N) is 5. The molecule has 9 heteroatoms. The lowest BCUT2D eigenvalue weighted by Gasteiger charge is -2.22. The minimum absolute atomic E-state index is 0. The van der Waals surface area contributed by atoms with E-state index >= 15 is 0 Å². The summed E-state index contributed by atoms with van der Waals surface area (Å²) in [4.78, 5) is 20.8. The van der Waals surface area contributed by atoms with Gasteiger partial charge in [0.1, 0.15) is 0 Å². The molecule has 0 aliphatic rings. The first-order valence-corrected chi connectivity index (χ1v) is 10.7. The lowest BCUT2D eigenvalue weighted by Crippen LogP contribution is -2.38. The van der Waals surface area contributed by atoms with Crippen LogP contribution in [0.5, 0.6) is 0 Å². The smallest absolute Gasteiger partial charge is 0.238 e. The molecule has 0 radical (unpaired) electrons. The van der Waals surface area contributed by atoms with Gasteiger partial charge >= 0.3 is 0 Å². The van der Waals surface area contributed by atoms with E-state index in [1.165, 1.54) is 5.56 Å². The molecular weight excluding hydrogens is 517 g/mol. The molecule has 1 amide bonds. The van der Waals surface area contributed by atoms with Crippen molar-refractivity contribution in [2.75, 3.05) is 39.5 Å². The molecule has 0 aliphatic heterocycles. The predicted octanol–water partition coefficient (Wildman–Crippen LogP) is 3.26. The highest BCUT2D eigenvalue weighted by atomic mass is 127. The largest absolute Gasteiger partial charge is 0.357 e. The molecule has 0 saturated carbocycles. The molecular formula is C23H38IN7O. The van der Waals surface area contributed by atoms with E-state index in [1.54, 1.807) is 0 Å². The van der Waals surface area contributed by atoms with E-state index in [9.17, 15) is 4.79 Å². The van der Waals surface area contributed by atoms with Crippen molar-refractivity contribution in [2.45, 2.75) is 39.8 Å². The molecule has 0 bridgehead atoms. The molecule has 1 aromatic heterocycles. The summed E-state index contributed by atoms with van der Waals surface area (Å²) in [6, 6.07) is 7.83. The summed E-state index contributed by atoms with van der Waals surface area (Å²) >= 11 is 0. The summed E-state index contributed by atoms with van der Waals surface area (Å²) < 4.78 is 1.87. The van der Waals surface area contributed by atoms with Crippen molar-refractivity contribution in [3.63, 3.8) is 0 Å². The number of carbonyl (C=O) groups is 1. The molecule has 178 valence electrons. The SMILES string of the molecule is CCNC(=NCc1cccc(NC(=O)CN(C)C)c1)N(C)Cc1cn(C)nc1C(C)C.I. The van der Waals surface area contributed by atoms with Crippen LogP contribution in [0, 0.1) is 0 Å². The molecule has 1 aromatic carbocycles. The van der Waals surface area contributed by atoms with Crippen LogP contribution in [-0.2, 0) is 24.9 Å². The number of halogens is 1. The van der Waals surface area contributed by atoms with Crippen LogP contribution in [0.1, 0.15) is 43.5 Å². The van der Waals surface area contributed by atoms with E-state index < -0.39 is 0 Å². The standard InChI is InChI=1S/C23H37N7O.HI/c1-8-24-23(29(6)14-19-15-30(7)27-22(19)17(2)3)25-13-18-10-9-11-20(12-18)26-21(31)16-28(4)5;/h9-12,15,17H,8,13-14,16H2,1-7H3,(H,24,25)(H,26,31);1H. The first-order valence-electron chi connectivity index (χ1n) is 10.7. The normalized spacial score (nSPS) is 11.5. The van der Waals surface area contributed by atoms with Crippen molar-refractivity contribution in [2.24, 2.45) is 12.0 Å². The van der Waals surface area contributed by atoms with Gasteiger partial charge in [-0.2, -0.15) is 5.10 Å². The fourth-order valence-corrected chi connectivity index (χ4v) is 3.36. The minimum Gasteiger partial charge on any atom is -0.357 e. The van der Waals surface area contributed by atoms with Crippen LogP contribution in [0.3, 0.4) is 0 Å². The van der Waals surface area contributed by atoms with Gasteiger partial charge in [-0.15, -0.1) is 24.0 Å². The van der Waals surface area contributed by atoms with Crippen molar-refractivity contribution in [3.05, 3.63) is 47.3 Å². The Morgan fingerprint density at radius 1 is 1.25 bits per heavy atom. The number of aliphatic imine (C=N–C) groups is 1. The summed E-state index contributed by atoms with van der Waals surface area (Å²) in [5.74, 6) is 1.17. The van der Waals surface area contributed by atoms with Gasteiger partial charge in [0.2, 0.25) is 5.91 Å². The monoisotopic (exact) mass is 555 g/mol. The molecule has 2 N–H and O–H groups in total. The second-order valence-corrected chi connectivity index (χ2v) is 8.38. The van der Waals surface area contributed by atoms with E-state index in [1.807, 2.05) is 62.0 Å². The number of benzene rings is 1. The van der Waals surface area contributed by atoms with E-state index in [4.69, 9.17) is 4.99 Å². The fourth-order valence-electron chi connectivity index (χ4n) is 3.36. The zero-order valence-electron chi connectivity index (χ0n) is 20.3. The molecule has 0 spiro atoms. The van der Waals surface area contributed by atoms with Crippen LogP contribution < -0.4 is 10.6 Å². The Labute approximate surface area is 209 Å². The summed E-state index contributed by atoms with van der Waals surface area (Å²) in [6.45, 7) is 8.78. The number of guanidine groups is 1. The average molecular weight is 556 g/mol. The average Bonchev–Trinajstić information content (AvgIpc) is 3.05. The molecule has 0 unspecified atom stereocenters. The predicted molar refractivity (Wildman–Crippen MR) is 143 cm³/mol. The first-order chi connectivity index (χ1) is 14.7. The maximum absolute atomic E-state index is 12.0. The third kappa shape index (κ3) is 8.78. The number of aromatic nitrogens is 2. The number of nitrogens with one attached hydrogen (secondary N) is 2. The van der Waals surface area contributed by atoms with Gasteiger partial charge in [-0.1, -0.05) is 26.0 Å². The number of amides is 1. The van der Waals surface area contributed by atoms with Crippen molar-refractivity contribution >= 4 is 41.5 Å². The van der Waals surface area contributed by atoms with Crippen LogP contribution in [0.4, 0.5) is 5.69 Å². The Hall–Kier alpha value is -2.14. The maximum Gasteiger partial charge on any atom is 0.238 e. The molecule has 2 rings (SSSR count). The highest BCUT2D eigenvalue weighted by molar-refractivity contribution is 14.0. The number of rotatable bonds is 9. The van der Waals surface area contributed by atoms with Gasteiger partial charge in [-0.05, 0) is 44.6 Å². The number of anilines is 1. The number of aryl methyl sites for hydroxylation is 1. The van der Waals surface area contributed by atoms with Crippen molar-refractivity contribution in [1.82, 2.24) is 24.9 Å². The molecule has 0 atom stereocenters. The third-order valence-electron chi connectivity index (χ3n) is 4.67. The van der Waals surface area contributed by atoms with Crippen molar-refractivity contribution in [3.8, 4) is 0 Å². The van der Waals surface area contributed by atoms with Gasteiger partial charge < -0.3 is 20.4 Å². The van der Waals surface area contributed by atoms with E-state index in [0.29, 0.717) is 19.0 Å². The topological polar surface area (TPSA) is 77.8 Å². The molecule has 8 nitrogen and oxygen atoms in total. The number of carbonyl (C=O) groups excluding carboxylic acids is 1. The molecule has 1 heterocycles. The Morgan fingerprint density at radius 2 is 1.97 bits per heavy atom. The summed E-state index contributed by atoms with van der Waals surface area (Å²) in [5.41, 5.74) is 4.15. The Kier molecular flexibility index (Phi) is 11.7. The number of likely N-dealkylation sites (N-methyl/N-ethyl adjacent to an activating group) is 1. The van der Waals surface area contributed by atoms with Crippen LogP contribution in [0.15, 0.2) is 35.5 Å². The van der Waals surface area contributed by atoms with Crippen molar-refractivity contribution in [1.29, 1.82) is 0 Å². The number of hydrogen-bond donors (Lipinski definition) is 2. The summed E-state index contributed by atoms with van der Waals surface area (Å²) in [5, 5.41) is 10.9. The maximum atomic E-state index is 12.0. The van der Waals surface area contributed by atoms with E-state index in [0.717, 1.165) is 36.0 Å². The van der Waals surface area contributed by atoms with E-state index in [-0.39, 0.29) is 29.9 Å². The molecule has 2 aromatic rings. The quantitative estimate of drug-likeness (QED) is 0.282. The minimum atomic E-state index is -0.0313. The fraction of sp³-hybridized carbons (Fsp3) is 0.522. The van der Waals surface area contributed by atoms with Crippen LogP contribution >= 0.6 is 24.0 Å². The van der Waals surface area contributed by atoms with Crippen LogP contribution in [0.2, 0.25) is 0 Å². The molecule has 0 fully saturated rings. The Balaban J connectivity index is 0.00000512. The third-order valence-corrected chi connectivity index (χ3v) is 4.67. The second kappa shape index (κ2) is 13.4. The highest BCUT2D eigenvalue weighted by Gasteiger charge is 2.15. The van der Waals surface area contributed by atoms with Gasteiger partial charge in [-0.3, -0.25) is 9.48 Å². The van der Waals surface area contributed by atoms with Crippen LogP contribution in [-0.4, -0.2) is 65.7 Å². The molecule has 32 heavy (non-hydrogen) atoms. The molecule has 0 aliphatic carbocycles. The van der Waals surface area contributed by atoms with Gasteiger partial charge in [0, 0.05) is 44.6 Å². The van der Waals surface area contributed by atoms with Crippen LogP contribution in [0.25, 0.3) is 0 Å². The highest BCUT2D eigenvalue weighted by Crippen LogP contribution is 2.19. The summed E-state index contributed by atoms with van der Waals surface area (Å²) in [7, 11) is 7.74. The Morgan fingerprint density at radius 3 is 2.59 bits per heavy atom. The Bertz CT molecular complexity index is 892. The summed E-state index contributed by atoms with van der Waals surface area (Å²) in [6.07, 6.45) is 2.08. The zero-order chi connectivity index (χ0) is 23.0.